The van der Waals surface area contributed by atoms with Gasteiger partial charge < -0.3 is 11.5 Å². The molecule has 0 heterocycles. The van der Waals surface area contributed by atoms with E-state index < -0.39 is 11.8 Å². The molecule has 2 rings (SSSR count). The first-order valence-corrected chi connectivity index (χ1v) is 8.20. The summed E-state index contributed by atoms with van der Waals surface area (Å²) in [7, 11) is 0. The molecule has 0 aliphatic carbocycles. The van der Waals surface area contributed by atoms with Gasteiger partial charge in [0, 0.05) is 7.14 Å². The monoisotopic (exact) mass is 506 g/mol. The molecule has 6 heteroatoms. The Bertz CT molecular complexity index is 668. The Balaban J connectivity index is 2.34. The summed E-state index contributed by atoms with van der Waals surface area (Å²) in [5.41, 5.74) is 13.6. The van der Waals surface area contributed by atoms with Gasteiger partial charge in [-0.1, -0.05) is 12.1 Å². The van der Waals surface area contributed by atoms with Gasteiger partial charge in [-0.2, -0.15) is 0 Å². The molecule has 4 N–H and O–H groups in total. The van der Waals surface area contributed by atoms with Gasteiger partial charge in [-0.25, -0.2) is 0 Å². The first-order chi connectivity index (χ1) is 9.88. The second kappa shape index (κ2) is 6.73. The van der Waals surface area contributed by atoms with E-state index in [1.54, 1.807) is 12.1 Å². The standard InChI is InChI=1S/C15H12I2N2O2/c16-12-3-1-8(6-10(12)14(18)20)5-9-2-4-13(17)11(7-9)15(19)21/h1-4,6-7H,5H2,(H2,18,20)(H2,19,21). The summed E-state index contributed by atoms with van der Waals surface area (Å²) >= 11 is 4.16. The number of primary amides is 2. The van der Waals surface area contributed by atoms with Crippen molar-refractivity contribution in [3.63, 3.8) is 0 Å². The molecule has 4 nitrogen and oxygen atoms in total. The van der Waals surface area contributed by atoms with Crippen LogP contribution in [-0.4, -0.2) is 11.8 Å². The average Bonchev–Trinajstić information content (AvgIpc) is 2.42. The number of halogens is 2. The molecule has 0 saturated heterocycles. The van der Waals surface area contributed by atoms with Crippen LogP contribution in [0, 0.1) is 7.14 Å². The molecule has 0 aliphatic heterocycles. The van der Waals surface area contributed by atoms with Gasteiger partial charge in [0.25, 0.3) is 0 Å². The van der Waals surface area contributed by atoms with Crippen LogP contribution in [0.4, 0.5) is 0 Å². The minimum absolute atomic E-state index is 0.443. The van der Waals surface area contributed by atoms with Crippen LogP contribution in [0.1, 0.15) is 31.8 Å². The van der Waals surface area contributed by atoms with Crippen LogP contribution in [0.3, 0.4) is 0 Å². The molecule has 0 bridgehead atoms. The number of rotatable bonds is 4. The van der Waals surface area contributed by atoms with Crippen molar-refractivity contribution in [1.29, 1.82) is 0 Å². The highest BCUT2D eigenvalue weighted by atomic mass is 127. The van der Waals surface area contributed by atoms with Crippen molar-refractivity contribution in [1.82, 2.24) is 0 Å². The van der Waals surface area contributed by atoms with Crippen LogP contribution in [0.15, 0.2) is 36.4 Å². The van der Waals surface area contributed by atoms with Crippen LogP contribution in [0.25, 0.3) is 0 Å². The Labute approximate surface area is 149 Å². The number of amides is 2. The van der Waals surface area contributed by atoms with Gasteiger partial charge in [-0.15, -0.1) is 0 Å². The summed E-state index contributed by atoms with van der Waals surface area (Å²) in [6.07, 6.45) is 0.606. The molecule has 0 atom stereocenters. The summed E-state index contributed by atoms with van der Waals surface area (Å²) < 4.78 is 1.65. The molecular formula is C15H12I2N2O2. The highest BCUT2D eigenvalue weighted by molar-refractivity contribution is 14.1. The predicted octanol–water partition coefficient (Wildman–Crippen LogP) is 2.68. The van der Waals surface area contributed by atoms with Gasteiger partial charge in [0.2, 0.25) is 11.8 Å². The van der Waals surface area contributed by atoms with E-state index in [0.717, 1.165) is 18.3 Å². The highest BCUT2D eigenvalue weighted by Gasteiger charge is 2.10. The fraction of sp³-hybridized carbons (Fsp3) is 0.0667. The zero-order valence-corrected chi connectivity index (χ0v) is 15.2. The second-order valence-corrected chi connectivity index (χ2v) is 6.86. The Hall–Kier alpha value is -1.16. The molecule has 0 radical (unpaired) electrons. The van der Waals surface area contributed by atoms with Crippen molar-refractivity contribution in [3.05, 3.63) is 65.8 Å². The van der Waals surface area contributed by atoms with Crippen molar-refractivity contribution in [2.45, 2.75) is 6.42 Å². The number of nitrogens with two attached hydrogens (primary N) is 2. The highest BCUT2D eigenvalue weighted by Crippen LogP contribution is 2.19. The fourth-order valence-corrected chi connectivity index (χ4v) is 3.18. The lowest BCUT2D eigenvalue weighted by Crippen LogP contribution is -2.14. The third-order valence-corrected chi connectivity index (χ3v) is 4.88. The van der Waals surface area contributed by atoms with Gasteiger partial charge in [-0.05, 0) is 87.0 Å². The maximum Gasteiger partial charge on any atom is 0.249 e. The maximum atomic E-state index is 11.4. The zero-order chi connectivity index (χ0) is 15.6. The van der Waals surface area contributed by atoms with E-state index in [0.29, 0.717) is 17.5 Å². The van der Waals surface area contributed by atoms with Gasteiger partial charge in [0.05, 0.1) is 11.1 Å². The smallest absolute Gasteiger partial charge is 0.249 e. The molecular weight excluding hydrogens is 494 g/mol. The van der Waals surface area contributed by atoms with Crippen LogP contribution in [0.2, 0.25) is 0 Å². The van der Waals surface area contributed by atoms with E-state index in [1.807, 2.05) is 24.3 Å². The molecule has 0 aliphatic rings. The van der Waals surface area contributed by atoms with E-state index in [-0.39, 0.29) is 0 Å². The van der Waals surface area contributed by atoms with Crippen molar-refractivity contribution in [2.75, 3.05) is 0 Å². The lowest BCUT2D eigenvalue weighted by atomic mass is 10.0. The third-order valence-electron chi connectivity index (χ3n) is 3.00. The molecule has 2 aromatic carbocycles. The van der Waals surface area contributed by atoms with Gasteiger partial charge in [-0.3, -0.25) is 9.59 Å². The number of benzene rings is 2. The fourth-order valence-electron chi connectivity index (χ4n) is 1.98. The molecule has 0 unspecified atom stereocenters. The normalized spacial score (nSPS) is 10.4. The summed E-state index contributed by atoms with van der Waals surface area (Å²) in [5.74, 6) is -0.886. The molecule has 108 valence electrons. The van der Waals surface area contributed by atoms with Gasteiger partial charge in [0.15, 0.2) is 0 Å². The first kappa shape index (κ1) is 16.2. The average molecular weight is 506 g/mol. The minimum Gasteiger partial charge on any atom is -0.366 e. The minimum atomic E-state index is -0.443. The third kappa shape index (κ3) is 3.94. The Kier molecular flexibility index (Phi) is 5.20. The molecule has 2 aromatic rings. The molecule has 0 fully saturated rings. The summed E-state index contributed by atoms with van der Waals surface area (Å²) in [5, 5.41) is 0. The van der Waals surface area contributed by atoms with E-state index in [2.05, 4.69) is 45.2 Å². The van der Waals surface area contributed by atoms with E-state index >= 15 is 0 Å². The number of carbonyl (C=O) groups excluding carboxylic acids is 2. The lowest BCUT2D eigenvalue weighted by molar-refractivity contribution is 0.0991. The van der Waals surface area contributed by atoms with Gasteiger partial charge in [0.1, 0.15) is 0 Å². The summed E-state index contributed by atoms with van der Waals surface area (Å²) in [6, 6.07) is 11.2. The van der Waals surface area contributed by atoms with Crippen molar-refractivity contribution < 1.29 is 9.59 Å². The Morgan fingerprint density at radius 2 is 1.19 bits per heavy atom. The summed E-state index contributed by atoms with van der Waals surface area (Å²) in [6.45, 7) is 0. The van der Waals surface area contributed by atoms with Crippen LogP contribution in [-0.2, 0) is 6.42 Å². The largest absolute Gasteiger partial charge is 0.366 e. The Morgan fingerprint density at radius 3 is 1.52 bits per heavy atom. The lowest BCUT2D eigenvalue weighted by Gasteiger charge is -2.08. The predicted molar refractivity (Wildman–Crippen MR) is 98.2 cm³/mol. The molecule has 21 heavy (non-hydrogen) atoms. The second-order valence-electron chi connectivity index (χ2n) is 4.53. The number of hydrogen-bond donors (Lipinski definition) is 2. The SMILES string of the molecule is NC(=O)c1cc(Cc2ccc(I)c(C(N)=O)c2)ccc1I. The Morgan fingerprint density at radius 1 is 0.810 bits per heavy atom. The van der Waals surface area contributed by atoms with E-state index in [9.17, 15) is 9.59 Å². The van der Waals surface area contributed by atoms with Crippen LogP contribution in [0.5, 0.6) is 0 Å². The molecule has 0 spiro atoms. The van der Waals surface area contributed by atoms with Crippen LogP contribution < -0.4 is 11.5 Å². The first-order valence-electron chi connectivity index (χ1n) is 6.05. The van der Waals surface area contributed by atoms with E-state index in [4.69, 9.17) is 11.5 Å². The molecule has 0 saturated carbocycles. The number of carbonyl (C=O) groups is 2. The van der Waals surface area contributed by atoms with Crippen molar-refractivity contribution in [2.24, 2.45) is 11.5 Å². The maximum absolute atomic E-state index is 11.4. The van der Waals surface area contributed by atoms with Gasteiger partial charge >= 0.3 is 0 Å². The van der Waals surface area contributed by atoms with Crippen LogP contribution >= 0.6 is 45.2 Å². The van der Waals surface area contributed by atoms with Crippen molar-refractivity contribution in [3.8, 4) is 0 Å². The number of hydrogen-bond acceptors (Lipinski definition) is 2. The van der Waals surface area contributed by atoms with Crippen molar-refractivity contribution >= 4 is 57.0 Å². The quantitative estimate of drug-likeness (QED) is 0.626. The topological polar surface area (TPSA) is 86.2 Å². The summed E-state index contributed by atoms with van der Waals surface area (Å²) in [4.78, 5) is 22.7. The molecule has 2 amide bonds. The molecule has 0 aromatic heterocycles. The van der Waals surface area contributed by atoms with E-state index in [1.165, 1.54) is 0 Å². The zero-order valence-electron chi connectivity index (χ0n) is 10.9.